The fourth-order valence-corrected chi connectivity index (χ4v) is 2.52. The summed E-state index contributed by atoms with van der Waals surface area (Å²) in [6.07, 6.45) is 1.55. The summed E-state index contributed by atoms with van der Waals surface area (Å²) in [5, 5.41) is 7.96. The lowest BCUT2D eigenvalue weighted by molar-refractivity contribution is -0.122. The highest BCUT2D eigenvalue weighted by Gasteiger charge is 2.12. The summed E-state index contributed by atoms with van der Waals surface area (Å²) in [6, 6.07) is 12.8. The second-order valence-corrected chi connectivity index (χ2v) is 5.90. The highest BCUT2D eigenvalue weighted by molar-refractivity contribution is 5.81. The SMILES string of the molecule is CC(COc1ccccc1F)NC(=O)Cn1ncc2ccccc2c1=O. The molecule has 6 nitrogen and oxygen atoms in total. The Morgan fingerprint density at radius 2 is 1.96 bits per heavy atom. The molecule has 0 spiro atoms. The number of benzene rings is 2. The normalized spacial score (nSPS) is 11.9. The summed E-state index contributed by atoms with van der Waals surface area (Å²) < 4.78 is 20.0. The van der Waals surface area contributed by atoms with Crippen LogP contribution < -0.4 is 15.6 Å². The molecule has 0 saturated carbocycles. The van der Waals surface area contributed by atoms with Crippen molar-refractivity contribution in [1.82, 2.24) is 15.1 Å². The number of carbonyl (C=O) groups excluding carboxylic acids is 1. The molecule has 1 atom stereocenters. The first-order chi connectivity index (χ1) is 12.5. The predicted molar refractivity (Wildman–Crippen MR) is 95.5 cm³/mol. The van der Waals surface area contributed by atoms with Gasteiger partial charge in [-0.25, -0.2) is 9.07 Å². The van der Waals surface area contributed by atoms with E-state index in [1.807, 2.05) is 6.07 Å². The molecule has 0 bridgehead atoms. The number of hydrogen-bond acceptors (Lipinski definition) is 4. The van der Waals surface area contributed by atoms with Crippen LogP contribution in [0.3, 0.4) is 0 Å². The van der Waals surface area contributed by atoms with Crippen molar-refractivity contribution in [3.05, 3.63) is 70.9 Å². The van der Waals surface area contributed by atoms with Gasteiger partial charge in [-0.3, -0.25) is 9.59 Å². The van der Waals surface area contributed by atoms with Crippen molar-refractivity contribution in [2.75, 3.05) is 6.61 Å². The number of nitrogens with zero attached hydrogens (tertiary/aromatic N) is 2. The third-order valence-electron chi connectivity index (χ3n) is 3.79. The number of aromatic nitrogens is 2. The highest BCUT2D eigenvalue weighted by atomic mass is 19.1. The third-order valence-corrected chi connectivity index (χ3v) is 3.79. The van der Waals surface area contributed by atoms with Crippen molar-refractivity contribution in [3.63, 3.8) is 0 Å². The quantitative estimate of drug-likeness (QED) is 0.735. The van der Waals surface area contributed by atoms with E-state index in [2.05, 4.69) is 10.4 Å². The van der Waals surface area contributed by atoms with Gasteiger partial charge in [0.05, 0.1) is 17.6 Å². The molecule has 0 aliphatic carbocycles. The van der Waals surface area contributed by atoms with Gasteiger partial charge in [0, 0.05) is 5.39 Å². The predicted octanol–water partition coefficient (Wildman–Crippen LogP) is 2.12. The van der Waals surface area contributed by atoms with Crippen LogP contribution in [-0.2, 0) is 11.3 Å². The molecule has 0 aliphatic rings. The number of ether oxygens (including phenoxy) is 1. The Balaban J connectivity index is 1.59. The Hall–Kier alpha value is -3.22. The molecule has 2 aromatic carbocycles. The highest BCUT2D eigenvalue weighted by Crippen LogP contribution is 2.15. The van der Waals surface area contributed by atoms with Gasteiger partial charge in [-0.15, -0.1) is 0 Å². The minimum absolute atomic E-state index is 0.104. The van der Waals surface area contributed by atoms with E-state index in [-0.39, 0.29) is 36.4 Å². The summed E-state index contributed by atoms with van der Waals surface area (Å²) in [6.45, 7) is 1.63. The van der Waals surface area contributed by atoms with E-state index < -0.39 is 5.82 Å². The molecular formula is C19H18FN3O3. The number of rotatable bonds is 6. The first-order valence-corrected chi connectivity index (χ1v) is 8.16. The zero-order valence-corrected chi connectivity index (χ0v) is 14.2. The van der Waals surface area contributed by atoms with Gasteiger partial charge < -0.3 is 10.1 Å². The molecule has 7 heteroatoms. The Bertz CT molecular complexity index is 987. The number of nitrogens with one attached hydrogen (secondary N) is 1. The van der Waals surface area contributed by atoms with Crippen LogP contribution in [0.1, 0.15) is 6.92 Å². The molecule has 0 radical (unpaired) electrons. The van der Waals surface area contributed by atoms with Crippen LogP contribution in [0.5, 0.6) is 5.75 Å². The molecule has 1 unspecified atom stereocenters. The Morgan fingerprint density at radius 1 is 1.23 bits per heavy atom. The van der Waals surface area contributed by atoms with Gasteiger partial charge in [-0.2, -0.15) is 5.10 Å². The van der Waals surface area contributed by atoms with Crippen molar-refractivity contribution in [3.8, 4) is 5.75 Å². The van der Waals surface area contributed by atoms with Gasteiger partial charge in [0.15, 0.2) is 11.6 Å². The van der Waals surface area contributed by atoms with Gasteiger partial charge in [-0.05, 0) is 25.1 Å². The lowest BCUT2D eigenvalue weighted by Crippen LogP contribution is -2.40. The smallest absolute Gasteiger partial charge is 0.275 e. The standard InChI is InChI=1S/C19H18FN3O3/c1-13(12-26-17-9-5-4-8-16(17)20)22-18(24)11-23-19(25)15-7-3-2-6-14(15)10-21-23/h2-10,13H,11-12H2,1H3,(H,22,24). The molecule has 0 aliphatic heterocycles. The molecule has 134 valence electrons. The van der Waals surface area contributed by atoms with Gasteiger partial charge in [0.1, 0.15) is 13.2 Å². The van der Waals surface area contributed by atoms with E-state index in [0.29, 0.717) is 5.39 Å². The van der Waals surface area contributed by atoms with E-state index in [1.54, 1.807) is 43.5 Å². The van der Waals surface area contributed by atoms with Crippen molar-refractivity contribution in [2.24, 2.45) is 0 Å². The maximum absolute atomic E-state index is 13.5. The van der Waals surface area contributed by atoms with Gasteiger partial charge in [-0.1, -0.05) is 30.3 Å². The van der Waals surface area contributed by atoms with Crippen molar-refractivity contribution >= 4 is 16.7 Å². The lowest BCUT2D eigenvalue weighted by Gasteiger charge is -2.15. The van der Waals surface area contributed by atoms with E-state index in [9.17, 15) is 14.0 Å². The topological polar surface area (TPSA) is 73.2 Å². The lowest BCUT2D eigenvalue weighted by atomic mass is 10.2. The summed E-state index contributed by atoms with van der Waals surface area (Å²) >= 11 is 0. The molecule has 3 aromatic rings. The second-order valence-electron chi connectivity index (χ2n) is 5.90. The monoisotopic (exact) mass is 355 g/mol. The summed E-state index contributed by atoms with van der Waals surface area (Å²) in [5.74, 6) is -0.710. The average Bonchev–Trinajstić information content (AvgIpc) is 2.63. The first-order valence-electron chi connectivity index (χ1n) is 8.16. The van der Waals surface area contributed by atoms with Crippen molar-refractivity contribution < 1.29 is 13.9 Å². The van der Waals surface area contributed by atoms with Crippen LogP contribution >= 0.6 is 0 Å². The minimum atomic E-state index is -0.460. The maximum atomic E-state index is 13.5. The molecule has 1 N–H and O–H groups in total. The van der Waals surface area contributed by atoms with Crippen LogP contribution in [0.15, 0.2) is 59.5 Å². The fraction of sp³-hybridized carbons (Fsp3) is 0.211. The molecule has 0 saturated heterocycles. The number of para-hydroxylation sites is 1. The largest absolute Gasteiger partial charge is 0.488 e. The summed E-state index contributed by atoms with van der Waals surface area (Å²) in [7, 11) is 0. The number of carbonyl (C=O) groups is 1. The summed E-state index contributed by atoms with van der Waals surface area (Å²) in [5.41, 5.74) is -0.325. The fourth-order valence-electron chi connectivity index (χ4n) is 2.52. The van der Waals surface area contributed by atoms with Crippen molar-refractivity contribution in [2.45, 2.75) is 19.5 Å². The Labute approximate surface area is 149 Å². The molecular weight excluding hydrogens is 337 g/mol. The van der Waals surface area contributed by atoms with Crippen LogP contribution in [0.4, 0.5) is 4.39 Å². The van der Waals surface area contributed by atoms with Crippen LogP contribution in [0.25, 0.3) is 10.8 Å². The molecule has 0 fully saturated rings. The van der Waals surface area contributed by atoms with Crippen LogP contribution in [0.2, 0.25) is 0 Å². The maximum Gasteiger partial charge on any atom is 0.275 e. The average molecular weight is 355 g/mol. The molecule has 1 heterocycles. The second kappa shape index (κ2) is 7.77. The van der Waals surface area contributed by atoms with E-state index >= 15 is 0 Å². The zero-order valence-electron chi connectivity index (χ0n) is 14.2. The Kier molecular flexibility index (Phi) is 5.26. The van der Waals surface area contributed by atoms with Crippen molar-refractivity contribution in [1.29, 1.82) is 0 Å². The number of fused-ring (bicyclic) bond motifs is 1. The molecule has 1 aromatic heterocycles. The van der Waals surface area contributed by atoms with E-state index in [4.69, 9.17) is 4.74 Å². The van der Waals surface area contributed by atoms with Gasteiger partial charge in [0.2, 0.25) is 5.91 Å². The zero-order chi connectivity index (χ0) is 18.5. The van der Waals surface area contributed by atoms with E-state index in [0.717, 1.165) is 10.1 Å². The van der Waals surface area contributed by atoms with E-state index in [1.165, 1.54) is 12.1 Å². The first kappa shape index (κ1) is 17.6. The van der Waals surface area contributed by atoms with Crippen LogP contribution in [-0.4, -0.2) is 28.3 Å². The number of hydrogen-bond donors (Lipinski definition) is 1. The minimum Gasteiger partial charge on any atom is -0.488 e. The number of halogens is 1. The summed E-state index contributed by atoms with van der Waals surface area (Å²) in [4.78, 5) is 24.5. The Morgan fingerprint density at radius 3 is 2.77 bits per heavy atom. The molecule has 26 heavy (non-hydrogen) atoms. The molecule has 3 rings (SSSR count). The van der Waals surface area contributed by atoms with Gasteiger partial charge >= 0.3 is 0 Å². The molecule has 1 amide bonds. The van der Waals surface area contributed by atoms with Crippen LogP contribution in [0, 0.1) is 5.82 Å². The third kappa shape index (κ3) is 4.05. The van der Waals surface area contributed by atoms with Gasteiger partial charge in [0.25, 0.3) is 5.56 Å². The number of amides is 1.